The number of hydrogen-bond donors (Lipinski definition) is 2. The molecule has 1 aromatic carbocycles. The van der Waals surface area contributed by atoms with Gasteiger partial charge in [0.2, 0.25) is 0 Å². The van der Waals surface area contributed by atoms with Crippen molar-refractivity contribution < 1.29 is 9.21 Å². The van der Waals surface area contributed by atoms with Crippen molar-refractivity contribution >= 4 is 30.7 Å². The molecule has 1 amide bonds. The van der Waals surface area contributed by atoms with E-state index in [0.29, 0.717) is 24.4 Å². The average molecular weight is 374 g/mol. The van der Waals surface area contributed by atoms with E-state index < -0.39 is 0 Å². The van der Waals surface area contributed by atoms with Crippen LogP contribution in [0.4, 0.5) is 0 Å². The molecule has 0 saturated heterocycles. The number of nitrogens with two attached hydrogens (primary N) is 1. The van der Waals surface area contributed by atoms with Gasteiger partial charge in [0.05, 0.1) is 12.1 Å². The standard InChI is InChI=1S/C17H23N3O2.2ClH/c1-13(20(2)11-14-6-4-3-5-7-14)10-19-17(21)15-8-16(9-18)22-12-15;;/h3-8,12-13H,9-11,18H2,1-2H3,(H,19,21);2*1H. The minimum atomic E-state index is -0.136. The Morgan fingerprint density at radius 2 is 1.96 bits per heavy atom. The summed E-state index contributed by atoms with van der Waals surface area (Å²) in [5.74, 6) is 0.475. The zero-order valence-corrected chi connectivity index (χ0v) is 15.5. The van der Waals surface area contributed by atoms with E-state index in [0.717, 1.165) is 6.54 Å². The van der Waals surface area contributed by atoms with Crippen LogP contribution in [0.5, 0.6) is 0 Å². The maximum atomic E-state index is 12.0. The molecule has 1 unspecified atom stereocenters. The van der Waals surface area contributed by atoms with Crippen LogP contribution >= 0.6 is 24.8 Å². The lowest BCUT2D eigenvalue weighted by Gasteiger charge is -2.25. The van der Waals surface area contributed by atoms with Crippen molar-refractivity contribution in [1.29, 1.82) is 0 Å². The lowest BCUT2D eigenvalue weighted by molar-refractivity contribution is 0.0939. The van der Waals surface area contributed by atoms with E-state index in [1.807, 2.05) is 25.2 Å². The van der Waals surface area contributed by atoms with Crippen molar-refractivity contribution in [2.75, 3.05) is 13.6 Å². The molecule has 2 rings (SSSR count). The van der Waals surface area contributed by atoms with Gasteiger partial charge in [0.1, 0.15) is 12.0 Å². The summed E-state index contributed by atoms with van der Waals surface area (Å²) in [7, 11) is 2.05. The molecule has 5 nitrogen and oxygen atoms in total. The van der Waals surface area contributed by atoms with Crippen molar-refractivity contribution in [3.05, 3.63) is 59.5 Å². The van der Waals surface area contributed by atoms with Crippen LogP contribution in [0.1, 0.15) is 28.6 Å². The molecule has 0 spiro atoms. The highest BCUT2D eigenvalue weighted by molar-refractivity contribution is 5.93. The average Bonchev–Trinajstić information content (AvgIpc) is 3.02. The third kappa shape index (κ3) is 6.53. The minimum absolute atomic E-state index is 0. The van der Waals surface area contributed by atoms with Crippen LogP contribution in [0.15, 0.2) is 47.1 Å². The number of carbonyl (C=O) groups excluding carboxylic acids is 1. The van der Waals surface area contributed by atoms with Crippen LogP contribution in [0, 0.1) is 0 Å². The van der Waals surface area contributed by atoms with E-state index in [2.05, 4.69) is 29.3 Å². The monoisotopic (exact) mass is 373 g/mol. The van der Waals surface area contributed by atoms with E-state index in [1.165, 1.54) is 11.8 Å². The topological polar surface area (TPSA) is 71.5 Å². The summed E-state index contributed by atoms with van der Waals surface area (Å²) in [4.78, 5) is 14.2. The Balaban J connectivity index is 0.00000264. The molecule has 7 heteroatoms. The number of rotatable bonds is 7. The van der Waals surface area contributed by atoms with Crippen molar-refractivity contribution in [3.63, 3.8) is 0 Å². The minimum Gasteiger partial charge on any atom is -0.467 e. The number of carbonyl (C=O) groups is 1. The molecule has 0 fully saturated rings. The second-order valence-electron chi connectivity index (χ2n) is 5.47. The first-order valence-corrected chi connectivity index (χ1v) is 7.40. The van der Waals surface area contributed by atoms with Gasteiger partial charge in [-0.25, -0.2) is 0 Å². The Morgan fingerprint density at radius 1 is 1.29 bits per heavy atom. The van der Waals surface area contributed by atoms with Crippen LogP contribution in [0.25, 0.3) is 0 Å². The Labute approximate surface area is 155 Å². The van der Waals surface area contributed by atoms with Gasteiger partial charge >= 0.3 is 0 Å². The van der Waals surface area contributed by atoms with Gasteiger partial charge in [-0.05, 0) is 25.6 Å². The van der Waals surface area contributed by atoms with Gasteiger partial charge in [0.15, 0.2) is 0 Å². The Bertz CT molecular complexity index is 605. The summed E-state index contributed by atoms with van der Waals surface area (Å²) >= 11 is 0. The largest absolute Gasteiger partial charge is 0.467 e. The van der Waals surface area contributed by atoms with E-state index in [-0.39, 0.29) is 36.8 Å². The molecule has 3 N–H and O–H groups in total. The molecule has 134 valence electrons. The molecule has 0 aliphatic carbocycles. The number of benzene rings is 1. The van der Waals surface area contributed by atoms with Crippen LogP contribution in [0.2, 0.25) is 0 Å². The van der Waals surface area contributed by atoms with Crippen molar-refractivity contribution in [3.8, 4) is 0 Å². The smallest absolute Gasteiger partial charge is 0.254 e. The highest BCUT2D eigenvalue weighted by atomic mass is 35.5. The molecule has 1 heterocycles. The van der Waals surface area contributed by atoms with Crippen LogP contribution in [-0.2, 0) is 13.1 Å². The van der Waals surface area contributed by atoms with Gasteiger partial charge in [0, 0.05) is 19.1 Å². The fraction of sp³-hybridized carbons (Fsp3) is 0.353. The number of hydrogen-bond acceptors (Lipinski definition) is 4. The third-order valence-corrected chi connectivity index (χ3v) is 3.70. The van der Waals surface area contributed by atoms with Crippen molar-refractivity contribution in [2.24, 2.45) is 5.73 Å². The molecule has 24 heavy (non-hydrogen) atoms. The van der Waals surface area contributed by atoms with Crippen LogP contribution in [-0.4, -0.2) is 30.4 Å². The predicted molar refractivity (Wildman–Crippen MR) is 101 cm³/mol. The highest BCUT2D eigenvalue weighted by Crippen LogP contribution is 2.08. The molecule has 1 aromatic heterocycles. The lowest BCUT2D eigenvalue weighted by atomic mass is 10.2. The summed E-state index contributed by atoms with van der Waals surface area (Å²) in [6, 6.07) is 12.2. The summed E-state index contributed by atoms with van der Waals surface area (Å²) in [5.41, 5.74) is 7.23. The summed E-state index contributed by atoms with van der Waals surface area (Å²) in [6.07, 6.45) is 1.44. The number of amides is 1. The van der Waals surface area contributed by atoms with Crippen molar-refractivity contribution in [2.45, 2.75) is 26.1 Å². The maximum absolute atomic E-state index is 12.0. The second-order valence-corrected chi connectivity index (χ2v) is 5.47. The molecule has 1 atom stereocenters. The van der Waals surface area contributed by atoms with E-state index in [4.69, 9.17) is 10.2 Å². The quantitative estimate of drug-likeness (QED) is 0.782. The van der Waals surface area contributed by atoms with E-state index in [9.17, 15) is 4.79 Å². The second kappa shape index (κ2) is 11.1. The number of furan rings is 1. The summed E-state index contributed by atoms with van der Waals surface area (Å²) < 4.78 is 5.17. The van der Waals surface area contributed by atoms with Gasteiger partial charge < -0.3 is 15.5 Å². The normalized spacial score (nSPS) is 11.3. The predicted octanol–water partition coefficient (Wildman–Crippen LogP) is 2.83. The van der Waals surface area contributed by atoms with Gasteiger partial charge in [-0.2, -0.15) is 0 Å². The molecule has 2 aromatic rings. The fourth-order valence-electron chi connectivity index (χ4n) is 2.13. The number of nitrogens with zero attached hydrogens (tertiary/aromatic N) is 1. The lowest BCUT2D eigenvalue weighted by Crippen LogP contribution is -2.39. The first-order valence-electron chi connectivity index (χ1n) is 7.40. The molecule has 0 aliphatic rings. The van der Waals surface area contributed by atoms with Crippen LogP contribution in [0.3, 0.4) is 0 Å². The molecule has 0 saturated carbocycles. The molecule has 0 bridgehead atoms. The van der Waals surface area contributed by atoms with Gasteiger partial charge in [-0.1, -0.05) is 30.3 Å². The summed E-state index contributed by atoms with van der Waals surface area (Å²) in [6.45, 7) is 3.81. The first-order chi connectivity index (χ1) is 10.6. The zero-order valence-electron chi connectivity index (χ0n) is 13.9. The number of likely N-dealkylation sites (N-methyl/N-ethyl adjacent to an activating group) is 1. The molecular weight excluding hydrogens is 349 g/mol. The van der Waals surface area contributed by atoms with Gasteiger partial charge in [-0.15, -0.1) is 24.8 Å². The van der Waals surface area contributed by atoms with Crippen molar-refractivity contribution in [1.82, 2.24) is 10.2 Å². The zero-order chi connectivity index (χ0) is 15.9. The number of nitrogens with one attached hydrogen (secondary N) is 1. The van der Waals surface area contributed by atoms with Gasteiger partial charge in [-0.3, -0.25) is 9.69 Å². The number of halogens is 2. The Kier molecular flexibility index (Phi) is 10.4. The Hall–Kier alpha value is -1.53. The van der Waals surface area contributed by atoms with E-state index in [1.54, 1.807) is 6.07 Å². The van der Waals surface area contributed by atoms with E-state index >= 15 is 0 Å². The van der Waals surface area contributed by atoms with Crippen LogP contribution < -0.4 is 11.1 Å². The molecule has 0 aliphatic heterocycles. The SMILES string of the molecule is CC(CNC(=O)c1coc(CN)c1)N(C)Cc1ccccc1.Cl.Cl. The summed E-state index contributed by atoms with van der Waals surface area (Å²) in [5, 5.41) is 2.92. The van der Waals surface area contributed by atoms with Gasteiger partial charge in [0.25, 0.3) is 5.91 Å². The molecule has 0 radical (unpaired) electrons. The third-order valence-electron chi connectivity index (χ3n) is 3.70. The maximum Gasteiger partial charge on any atom is 0.254 e. The Morgan fingerprint density at radius 3 is 2.54 bits per heavy atom. The fourth-order valence-corrected chi connectivity index (χ4v) is 2.13. The highest BCUT2D eigenvalue weighted by Gasteiger charge is 2.13. The first kappa shape index (κ1) is 22.5. The molecular formula is C17H25Cl2N3O2.